The fourth-order valence-electron chi connectivity index (χ4n) is 1.26. The van der Waals surface area contributed by atoms with Crippen molar-refractivity contribution < 1.29 is 17.2 Å². The van der Waals surface area contributed by atoms with E-state index in [1.54, 1.807) is 24.3 Å². The van der Waals surface area contributed by atoms with E-state index >= 15 is 0 Å². The standard InChI is InChI=1S/C9H7NO4S.K/c11-15(12,13)14-8-5-1-3-7-4-2-6-10-9(7)8;/h1-6H,(H,11,12,13);. The zero-order valence-electron chi connectivity index (χ0n) is 8.49. The van der Waals surface area contributed by atoms with E-state index in [2.05, 4.69) is 9.17 Å². The van der Waals surface area contributed by atoms with Crippen molar-refractivity contribution in [3.63, 3.8) is 0 Å². The van der Waals surface area contributed by atoms with Gasteiger partial charge in [0.15, 0.2) is 5.75 Å². The number of rotatable bonds is 2. The summed E-state index contributed by atoms with van der Waals surface area (Å²) in [7, 11) is -4.51. The maximum atomic E-state index is 10.5. The molecule has 7 heteroatoms. The minimum atomic E-state index is -4.51. The summed E-state index contributed by atoms with van der Waals surface area (Å²) >= 11 is 0. The number of para-hydroxylation sites is 1. The van der Waals surface area contributed by atoms with Crippen molar-refractivity contribution in [2.24, 2.45) is 0 Å². The number of benzene rings is 1. The summed E-state index contributed by atoms with van der Waals surface area (Å²) in [6, 6.07) is 8.28. The first-order chi connectivity index (χ1) is 7.06. The molecule has 0 saturated heterocycles. The van der Waals surface area contributed by atoms with E-state index in [0.717, 1.165) is 5.39 Å². The van der Waals surface area contributed by atoms with Crippen molar-refractivity contribution in [1.82, 2.24) is 4.98 Å². The van der Waals surface area contributed by atoms with Crippen LogP contribution in [0.5, 0.6) is 5.75 Å². The number of nitrogens with zero attached hydrogens (tertiary/aromatic N) is 1. The Morgan fingerprint density at radius 3 is 2.56 bits per heavy atom. The Bertz CT molecular complexity index is 594. The smallest absolute Gasteiger partial charge is 0.359 e. The Labute approximate surface area is 135 Å². The zero-order valence-corrected chi connectivity index (χ0v) is 12.4. The fourth-order valence-corrected chi connectivity index (χ4v) is 1.62. The van der Waals surface area contributed by atoms with Crippen LogP contribution in [-0.4, -0.2) is 69.3 Å². The minimum Gasteiger partial charge on any atom is -0.359 e. The number of hydrogen-bond acceptors (Lipinski definition) is 4. The molecule has 2 rings (SSSR count). The van der Waals surface area contributed by atoms with Crippen LogP contribution in [0.25, 0.3) is 10.9 Å². The largest absolute Gasteiger partial charge is 0.446 e. The van der Waals surface area contributed by atoms with E-state index < -0.39 is 10.4 Å². The normalized spacial score (nSPS) is 10.8. The van der Waals surface area contributed by atoms with Crippen LogP contribution in [0, 0.1) is 0 Å². The van der Waals surface area contributed by atoms with E-state index in [9.17, 15) is 8.42 Å². The number of aromatic nitrogens is 1. The zero-order chi connectivity index (χ0) is 10.9. The quantitative estimate of drug-likeness (QED) is 0.647. The van der Waals surface area contributed by atoms with Gasteiger partial charge in [0.2, 0.25) is 0 Å². The second kappa shape index (κ2) is 5.54. The van der Waals surface area contributed by atoms with Crippen LogP contribution in [0.4, 0.5) is 0 Å². The van der Waals surface area contributed by atoms with E-state index in [-0.39, 0.29) is 57.1 Å². The summed E-state index contributed by atoms with van der Waals surface area (Å²) in [4.78, 5) is 3.96. The van der Waals surface area contributed by atoms with E-state index in [1.807, 2.05) is 0 Å². The molecule has 0 atom stereocenters. The summed E-state index contributed by atoms with van der Waals surface area (Å²) in [6.45, 7) is 0. The van der Waals surface area contributed by atoms with Gasteiger partial charge < -0.3 is 4.18 Å². The van der Waals surface area contributed by atoms with Crippen molar-refractivity contribution in [3.05, 3.63) is 36.5 Å². The molecule has 0 aliphatic carbocycles. The van der Waals surface area contributed by atoms with Crippen LogP contribution in [0.2, 0.25) is 0 Å². The van der Waals surface area contributed by atoms with Gasteiger partial charge >= 0.3 is 10.4 Å². The Morgan fingerprint density at radius 2 is 1.88 bits per heavy atom. The first-order valence-corrected chi connectivity index (χ1v) is 5.43. The summed E-state index contributed by atoms with van der Waals surface area (Å²) in [5.74, 6) is 0.00981. The molecular weight excluding hydrogens is 257 g/mol. The third-order valence-electron chi connectivity index (χ3n) is 1.79. The molecule has 1 heterocycles. The Balaban J connectivity index is 0.00000128. The predicted molar refractivity (Wildman–Crippen MR) is 59.7 cm³/mol. The van der Waals surface area contributed by atoms with E-state index in [4.69, 9.17) is 4.55 Å². The first kappa shape index (κ1) is 14.0. The fraction of sp³-hybridized carbons (Fsp3) is 0. The van der Waals surface area contributed by atoms with Gasteiger partial charge in [-0.05, 0) is 12.1 Å². The van der Waals surface area contributed by atoms with Gasteiger partial charge in [-0.15, -0.1) is 0 Å². The molecule has 16 heavy (non-hydrogen) atoms. The average Bonchev–Trinajstić information content (AvgIpc) is 2.16. The van der Waals surface area contributed by atoms with Gasteiger partial charge in [-0.1, -0.05) is 18.2 Å². The molecule has 0 saturated carbocycles. The van der Waals surface area contributed by atoms with Crippen LogP contribution >= 0.6 is 0 Å². The minimum absolute atomic E-state index is 0. The molecule has 1 aromatic heterocycles. The van der Waals surface area contributed by atoms with Gasteiger partial charge in [-0.2, -0.15) is 8.42 Å². The Morgan fingerprint density at radius 1 is 1.19 bits per heavy atom. The summed E-state index contributed by atoms with van der Waals surface area (Å²) < 4.78 is 34.0. The average molecular weight is 264 g/mol. The molecule has 0 aliphatic rings. The van der Waals surface area contributed by atoms with Gasteiger partial charge in [0.1, 0.15) is 5.52 Å². The molecule has 0 spiro atoms. The van der Waals surface area contributed by atoms with Crippen molar-refractivity contribution >= 4 is 72.7 Å². The predicted octanol–water partition coefficient (Wildman–Crippen LogP) is 1.04. The second-order valence-electron chi connectivity index (χ2n) is 2.84. The van der Waals surface area contributed by atoms with Gasteiger partial charge in [0.05, 0.1) is 0 Å². The van der Waals surface area contributed by atoms with Gasteiger partial charge in [-0.3, -0.25) is 9.54 Å². The molecule has 1 aromatic carbocycles. The molecule has 0 aliphatic heterocycles. The van der Waals surface area contributed by atoms with Crippen LogP contribution in [0.15, 0.2) is 36.5 Å². The van der Waals surface area contributed by atoms with Crippen molar-refractivity contribution in [2.75, 3.05) is 0 Å². The molecule has 0 bridgehead atoms. The molecule has 0 amide bonds. The number of fused-ring (bicyclic) bond motifs is 1. The second-order valence-corrected chi connectivity index (χ2v) is 3.86. The molecule has 79 valence electrons. The molecular formula is C9H7KNO4S. The van der Waals surface area contributed by atoms with Gasteiger partial charge in [-0.25, -0.2) is 0 Å². The molecule has 5 nitrogen and oxygen atoms in total. The van der Waals surface area contributed by atoms with Crippen LogP contribution in [0.3, 0.4) is 0 Å². The molecule has 0 fully saturated rings. The third kappa shape index (κ3) is 3.49. The first-order valence-electron chi connectivity index (χ1n) is 4.07. The van der Waals surface area contributed by atoms with Crippen LogP contribution < -0.4 is 4.18 Å². The Hall–Kier alpha value is -0.0236. The number of pyridine rings is 1. The maximum Gasteiger partial charge on any atom is 0.446 e. The molecule has 2 aromatic rings. The van der Waals surface area contributed by atoms with Crippen molar-refractivity contribution in [1.29, 1.82) is 0 Å². The summed E-state index contributed by atoms with van der Waals surface area (Å²) in [6.07, 6.45) is 1.51. The van der Waals surface area contributed by atoms with Gasteiger partial charge in [0, 0.05) is 63.0 Å². The van der Waals surface area contributed by atoms with Crippen molar-refractivity contribution in [2.45, 2.75) is 0 Å². The van der Waals surface area contributed by atoms with E-state index in [0.29, 0.717) is 5.52 Å². The summed E-state index contributed by atoms with van der Waals surface area (Å²) in [5.41, 5.74) is 0.387. The topological polar surface area (TPSA) is 76.5 Å². The summed E-state index contributed by atoms with van der Waals surface area (Å²) in [5, 5.41) is 0.735. The molecule has 1 radical (unpaired) electrons. The monoisotopic (exact) mass is 264 g/mol. The number of hydrogen-bond donors (Lipinski definition) is 1. The van der Waals surface area contributed by atoms with Gasteiger partial charge in [0.25, 0.3) is 0 Å². The van der Waals surface area contributed by atoms with Crippen molar-refractivity contribution in [3.8, 4) is 5.75 Å². The molecule has 1 N–H and O–H groups in total. The molecule has 0 unspecified atom stereocenters. The SMILES string of the molecule is O=S(=O)(O)Oc1cccc2cccnc12.[K]. The Kier molecular flexibility index (Phi) is 4.86. The maximum absolute atomic E-state index is 10.5. The third-order valence-corrected chi connectivity index (χ3v) is 2.18. The van der Waals surface area contributed by atoms with Crippen LogP contribution in [0.1, 0.15) is 0 Å². The van der Waals surface area contributed by atoms with Crippen LogP contribution in [-0.2, 0) is 10.4 Å². The van der Waals surface area contributed by atoms with E-state index in [1.165, 1.54) is 12.3 Å².